The Morgan fingerprint density at radius 1 is 1.11 bits per heavy atom. The molecule has 1 aromatic rings. The second kappa shape index (κ2) is 7.06. The monoisotopic (exact) mass is 260 g/mol. The van der Waals surface area contributed by atoms with E-state index in [1.54, 1.807) is 0 Å². The minimum absolute atomic E-state index is 0.467. The Balaban J connectivity index is 1.69. The van der Waals surface area contributed by atoms with Gasteiger partial charge in [0.1, 0.15) is 0 Å². The fourth-order valence-corrected chi connectivity index (χ4v) is 2.98. The van der Waals surface area contributed by atoms with Gasteiger partial charge in [0, 0.05) is 19.1 Å². The van der Waals surface area contributed by atoms with Gasteiger partial charge in [0.15, 0.2) is 0 Å². The summed E-state index contributed by atoms with van der Waals surface area (Å²) in [5.74, 6) is 0.864. The van der Waals surface area contributed by atoms with E-state index >= 15 is 0 Å². The highest BCUT2D eigenvalue weighted by Gasteiger charge is 2.19. The van der Waals surface area contributed by atoms with Crippen LogP contribution in [-0.2, 0) is 6.42 Å². The third-order valence-corrected chi connectivity index (χ3v) is 4.36. The Morgan fingerprint density at radius 2 is 1.74 bits per heavy atom. The van der Waals surface area contributed by atoms with Crippen LogP contribution in [0.15, 0.2) is 24.3 Å². The third-order valence-electron chi connectivity index (χ3n) is 4.36. The van der Waals surface area contributed by atoms with Gasteiger partial charge >= 0.3 is 0 Å². The van der Waals surface area contributed by atoms with Gasteiger partial charge in [-0.15, -0.1) is 0 Å². The second-order valence-corrected chi connectivity index (χ2v) is 6.28. The molecule has 0 saturated heterocycles. The van der Waals surface area contributed by atoms with Gasteiger partial charge in [-0.3, -0.25) is 0 Å². The maximum Gasteiger partial charge on any atom is 0.00390 e. The Kier molecular flexibility index (Phi) is 5.41. The molecule has 1 saturated carbocycles. The highest BCUT2D eigenvalue weighted by Crippen LogP contribution is 2.23. The van der Waals surface area contributed by atoms with Crippen LogP contribution < -0.4 is 5.73 Å². The highest BCUT2D eigenvalue weighted by molar-refractivity contribution is 5.21. The molecule has 2 heteroatoms. The molecule has 106 valence electrons. The van der Waals surface area contributed by atoms with E-state index in [1.807, 2.05) is 0 Å². The van der Waals surface area contributed by atoms with Crippen molar-refractivity contribution in [2.24, 2.45) is 11.7 Å². The molecule has 1 aromatic carbocycles. The molecule has 0 aromatic heterocycles. The average molecular weight is 260 g/mol. The van der Waals surface area contributed by atoms with E-state index in [1.165, 1.54) is 43.4 Å². The highest BCUT2D eigenvalue weighted by atomic mass is 15.1. The van der Waals surface area contributed by atoms with E-state index in [2.05, 4.69) is 43.1 Å². The third kappa shape index (κ3) is 4.96. The van der Waals surface area contributed by atoms with Crippen LogP contribution in [0.5, 0.6) is 0 Å². The summed E-state index contributed by atoms with van der Waals surface area (Å²) in [6, 6.07) is 9.38. The SMILES string of the molecule is Cc1ccc(CCN(C)CC2CCC(N)CC2)cc1. The maximum absolute atomic E-state index is 5.96. The molecule has 0 aliphatic heterocycles. The fraction of sp³-hybridized carbons (Fsp3) is 0.647. The molecule has 0 amide bonds. The molecular weight excluding hydrogens is 232 g/mol. The minimum Gasteiger partial charge on any atom is -0.328 e. The van der Waals surface area contributed by atoms with Gasteiger partial charge < -0.3 is 10.6 Å². The van der Waals surface area contributed by atoms with Gasteiger partial charge in [0.05, 0.1) is 0 Å². The first kappa shape index (κ1) is 14.5. The molecule has 1 fully saturated rings. The zero-order valence-electron chi connectivity index (χ0n) is 12.4. The van der Waals surface area contributed by atoms with Crippen molar-refractivity contribution in [1.82, 2.24) is 4.90 Å². The molecule has 1 aliphatic rings. The standard InChI is InChI=1S/C17H28N2/c1-14-3-5-15(6-4-14)11-12-19(2)13-16-7-9-17(18)10-8-16/h3-6,16-17H,7-13,18H2,1-2H3. The Labute approximate surface area is 118 Å². The van der Waals surface area contributed by atoms with Gasteiger partial charge in [-0.05, 0) is 57.6 Å². The largest absolute Gasteiger partial charge is 0.328 e. The van der Waals surface area contributed by atoms with Crippen molar-refractivity contribution in [2.45, 2.75) is 45.1 Å². The first-order valence-electron chi connectivity index (χ1n) is 7.63. The smallest absolute Gasteiger partial charge is 0.00390 e. The van der Waals surface area contributed by atoms with Gasteiger partial charge in [-0.1, -0.05) is 29.8 Å². The van der Waals surface area contributed by atoms with Crippen molar-refractivity contribution in [1.29, 1.82) is 0 Å². The van der Waals surface area contributed by atoms with Crippen molar-refractivity contribution in [3.63, 3.8) is 0 Å². The molecule has 2 nitrogen and oxygen atoms in total. The molecule has 0 unspecified atom stereocenters. The summed E-state index contributed by atoms with van der Waals surface area (Å²) in [5.41, 5.74) is 8.75. The summed E-state index contributed by atoms with van der Waals surface area (Å²) in [6.45, 7) is 4.54. The van der Waals surface area contributed by atoms with Crippen LogP contribution in [0.3, 0.4) is 0 Å². The quantitative estimate of drug-likeness (QED) is 0.882. The Bertz CT molecular complexity index is 363. The van der Waals surface area contributed by atoms with E-state index in [0.29, 0.717) is 6.04 Å². The summed E-state index contributed by atoms with van der Waals surface area (Å²) < 4.78 is 0. The summed E-state index contributed by atoms with van der Waals surface area (Å²) in [4.78, 5) is 2.49. The number of hydrogen-bond donors (Lipinski definition) is 1. The lowest BCUT2D eigenvalue weighted by Gasteiger charge is -2.29. The van der Waals surface area contributed by atoms with E-state index in [-0.39, 0.29) is 0 Å². The maximum atomic E-state index is 5.96. The van der Waals surface area contributed by atoms with Gasteiger partial charge in [-0.25, -0.2) is 0 Å². The summed E-state index contributed by atoms with van der Waals surface area (Å²) >= 11 is 0. The van der Waals surface area contributed by atoms with E-state index in [4.69, 9.17) is 5.73 Å². The normalized spacial score (nSPS) is 23.8. The molecular formula is C17H28N2. The summed E-state index contributed by atoms with van der Waals surface area (Å²) in [7, 11) is 2.25. The molecule has 0 radical (unpaired) electrons. The summed E-state index contributed by atoms with van der Waals surface area (Å²) in [5, 5.41) is 0. The summed E-state index contributed by atoms with van der Waals surface area (Å²) in [6.07, 6.45) is 6.22. The number of nitrogens with zero attached hydrogens (tertiary/aromatic N) is 1. The lowest BCUT2D eigenvalue weighted by atomic mass is 9.86. The average Bonchev–Trinajstić information content (AvgIpc) is 2.41. The van der Waals surface area contributed by atoms with Gasteiger partial charge in [0.25, 0.3) is 0 Å². The number of rotatable bonds is 5. The number of likely N-dealkylation sites (N-methyl/N-ethyl adjacent to an activating group) is 1. The predicted molar refractivity (Wildman–Crippen MR) is 82.3 cm³/mol. The topological polar surface area (TPSA) is 29.3 Å². The van der Waals surface area contributed by atoms with E-state index in [9.17, 15) is 0 Å². The predicted octanol–water partition coefficient (Wildman–Crippen LogP) is 2.99. The zero-order chi connectivity index (χ0) is 13.7. The molecule has 2 N–H and O–H groups in total. The first-order valence-corrected chi connectivity index (χ1v) is 7.63. The zero-order valence-corrected chi connectivity index (χ0v) is 12.4. The Morgan fingerprint density at radius 3 is 2.37 bits per heavy atom. The van der Waals surface area contributed by atoms with E-state index in [0.717, 1.165) is 18.9 Å². The second-order valence-electron chi connectivity index (χ2n) is 6.28. The lowest BCUT2D eigenvalue weighted by Crippen LogP contribution is -2.33. The number of hydrogen-bond acceptors (Lipinski definition) is 2. The number of nitrogens with two attached hydrogens (primary N) is 1. The molecule has 0 bridgehead atoms. The number of aryl methyl sites for hydroxylation is 1. The van der Waals surface area contributed by atoms with Crippen LogP contribution in [-0.4, -0.2) is 31.1 Å². The molecule has 1 aliphatic carbocycles. The van der Waals surface area contributed by atoms with Gasteiger partial charge in [-0.2, -0.15) is 0 Å². The fourth-order valence-electron chi connectivity index (χ4n) is 2.98. The molecule has 19 heavy (non-hydrogen) atoms. The van der Waals surface area contributed by atoms with Crippen molar-refractivity contribution >= 4 is 0 Å². The van der Waals surface area contributed by atoms with Crippen molar-refractivity contribution < 1.29 is 0 Å². The molecule has 0 heterocycles. The van der Waals surface area contributed by atoms with Crippen LogP contribution in [0.25, 0.3) is 0 Å². The molecule has 2 rings (SSSR count). The van der Waals surface area contributed by atoms with Gasteiger partial charge in [0.2, 0.25) is 0 Å². The van der Waals surface area contributed by atoms with Crippen LogP contribution >= 0.6 is 0 Å². The first-order chi connectivity index (χ1) is 9.13. The van der Waals surface area contributed by atoms with E-state index < -0.39 is 0 Å². The van der Waals surface area contributed by atoms with Crippen LogP contribution in [0.1, 0.15) is 36.8 Å². The Hall–Kier alpha value is -0.860. The molecule has 0 atom stereocenters. The van der Waals surface area contributed by atoms with Crippen molar-refractivity contribution in [2.75, 3.05) is 20.1 Å². The van der Waals surface area contributed by atoms with Crippen molar-refractivity contribution in [3.05, 3.63) is 35.4 Å². The van der Waals surface area contributed by atoms with Crippen LogP contribution in [0.4, 0.5) is 0 Å². The number of benzene rings is 1. The van der Waals surface area contributed by atoms with Crippen LogP contribution in [0.2, 0.25) is 0 Å². The molecule has 0 spiro atoms. The van der Waals surface area contributed by atoms with Crippen molar-refractivity contribution in [3.8, 4) is 0 Å². The van der Waals surface area contributed by atoms with Crippen LogP contribution in [0, 0.1) is 12.8 Å². The minimum atomic E-state index is 0.467. The lowest BCUT2D eigenvalue weighted by molar-refractivity contribution is 0.225.